The van der Waals surface area contributed by atoms with Gasteiger partial charge in [0, 0.05) is 6.54 Å². The molecule has 108 valence electrons. The Morgan fingerprint density at radius 2 is 1.32 bits per heavy atom. The van der Waals surface area contributed by atoms with E-state index in [1.54, 1.807) is 0 Å². The molecule has 0 fully saturated rings. The van der Waals surface area contributed by atoms with Crippen LogP contribution in [0, 0.1) is 35.0 Å². The zero-order valence-electron chi connectivity index (χ0n) is 10.4. The first-order chi connectivity index (χ1) is 8.75. The molecule has 0 spiro atoms. The zero-order valence-corrected chi connectivity index (χ0v) is 10.4. The predicted octanol–water partition coefficient (Wildman–Crippen LogP) is 3.20. The average Bonchev–Trinajstić information content (AvgIpc) is 2.33. The molecule has 0 saturated heterocycles. The number of benzene rings is 1. The Bertz CT molecular complexity index is 435. The smallest absolute Gasteiger partial charge is 0.200 e. The summed E-state index contributed by atoms with van der Waals surface area (Å²) in [7, 11) is 0. The number of hydrogen-bond acceptors (Lipinski definition) is 2. The van der Waals surface area contributed by atoms with Crippen LogP contribution in [-0.4, -0.2) is 17.8 Å². The highest BCUT2D eigenvalue weighted by molar-refractivity contribution is 5.47. The normalized spacial score (nSPS) is 12.9. The van der Waals surface area contributed by atoms with Crippen molar-refractivity contribution in [2.24, 2.45) is 5.92 Å². The van der Waals surface area contributed by atoms with Gasteiger partial charge in [0.2, 0.25) is 5.82 Å². The van der Waals surface area contributed by atoms with E-state index in [0.29, 0.717) is 6.42 Å². The molecular formula is C12H14F5NO. The maximum Gasteiger partial charge on any atom is 0.200 e. The van der Waals surface area contributed by atoms with E-state index in [4.69, 9.17) is 0 Å². The monoisotopic (exact) mass is 283 g/mol. The highest BCUT2D eigenvalue weighted by Gasteiger charge is 2.25. The average molecular weight is 283 g/mol. The van der Waals surface area contributed by atoms with Crippen molar-refractivity contribution >= 4 is 5.69 Å². The lowest BCUT2D eigenvalue weighted by Crippen LogP contribution is -2.23. The van der Waals surface area contributed by atoms with E-state index in [-0.39, 0.29) is 12.5 Å². The lowest BCUT2D eigenvalue weighted by molar-refractivity contribution is 0.161. The molecule has 2 N–H and O–H groups in total. The lowest BCUT2D eigenvalue weighted by atomic mass is 10.1. The van der Waals surface area contributed by atoms with Crippen LogP contribution in [0.25, 0.3) is 0 Å². The molecule has 0 amide bonds. The van der Waals surface area contributed by atoms with Gasteiger partial charge in [-0.3, -0.25) is 0 Å². The molecule has 0 aromatic heterocycles. The van der Waals surface area contributed by atoms with Crippen molar-refractivity contribution in [1.29, 1.82) is 0 Å². The largest absolute Gasteiger partial charge is 0.391 e. The Kier molecular flexibility index (Phi) is 5.11. The lowest BCUT2D eigenvalue weighted by Gasteiger charge is -2.16. The summed E-state index contributed by atoms with van der Waals surface area (Å²) >= 11 is 0. The maximum atomic E-state index is 13.3. The van der Waals surface area contributed by atoms with Gasteiger partial charge in [-0.1, -0.05) is 13.8 Å². The number of aliphatic hydroxyl groups excluding tert-OH is 1. The van der Waals surface area contributed by atoms with Gasteiger partial charge in [0.15, 0.2) is 23.3 Å². The van der Waals surface area contributed by atoms with Crippen LogP contribution in [0.4, 0.5) is 27.6 Å². The molecule has 1 unspecified atom stereocenters. The predicted molar refractivity (Wildman–Crippen MR) is 60.2 cm³/mol. The first-order valence-corrected chi connectivity index (χ1v) is 5.69. The fraction of sp³-hybridized carbons (Fsp3) is 0.500. The van der Waals surface area contributed by atoms with E-state index in [1.807, 2.05) is 19.2 Å². The quantitative estimate of drug-likeness (QED) is 0.494. The Labute approximate surface area is 107 Å². The number of nitrogens with one attached hydrogen (secondary N) is 1. The van der Waals surface area contributed by atoms with E-state index in [9.17, 15) is 27.1 Å². The molecule has 0 heterocycles. The zero-order chi connectivity index (χ0) is 14.7. The van der Waals surface area contributed by atoms with Crippen molar-refractivity contribution in [1.82, 2.24) is 0 Å². The molecule has 1 atom stereocenters. The summed E-state index contributed by atoms with van der Waals surface area (Å²) in [5.41, 5.74) is -1.13. The molecular weight excluding hydrogens is 269 g/mol. The second-order valence-corrected chi connectivity index (χ2v) is 4.61. The first-order valence-electron chi connectivity index (χ1n) is 5.69. The van der Waals surface area contributed by atoms with Gasteiger partial charge in [-0.25, -0.2) is 22.0 Å². The van der Waals surface area contributed by atoms with Gasteiger partial charge >= 0.3 is 0 Å². The van der Waals surface area contributed by atoms with Crippen molar-refractivity contribution in [2.45, 2.75) is 26.4 Å². The highest BCUT2D eigenvalue weighted by atomic mass is 19.2. The second-order valence-electron chi connectivity index (χ2n) is 4.61. The van der Waals surface area contributed by atoms with Crippen LogP contribution in [0.1, 0.15) is 20.3 Å². The van der Waals surface area contributed by atoms with E-state index < -0.39 is 40.9 Å². The minimum Gasteiger partial charge on any atom is -0.391 e. The Hall–Kier alpha value is -1.37. The van der Waals surface area contributed by atoms with Gasteiger partial charge in [0.1, 0.15) is 5.69 Å². The molecule has 1 rings (SSSR count). The molecule has 0 aliphatic rings. The summed E-state index contributed by atoms with van der Waals surface area (Å²) in [5.74, 6) is -9.97. The molecule has 1 aromatic carbocycles. The van der Waals surface area contributed by atoms with Gasteiger partial charge in [-0.2, -0.15) is 0 Å². The van der Waals surface area contributed by atoms with Crippen LogP contribution in [0.2, 0.25) is 0 Å². The van der Waals surface area contributed by atoms with Crippen LogP contribution >= 0.6 is 0 Å². The van der Waals surface area contributed by atoms with Gasteiger partial charge in [-0.05, 0) is 12.3 Å². The molecule has 0 bridgehead atoms. The molecule has 7 heteroatoms. The third-order valence-corrected chi connectivity index (χ3v) is 2.47. The maximum absolute atomic E-state index is 13.3. The minimum absolute atomic E-state index is 0.133. The van der Waals surface area contributed by atoms with Crippen LogP contribution in [0.5, 0.6) is 0 Å². The Morgan fingerprint density at radius 3 is 1.74 bits per heavy atom. The van der Waals surface area contributed by atoms with E-state index in [1.165, 1.54) is 0 Å². The Balaban J connectivity index is 2.90. The second kappa shape index (κ2) is 6.18. The molecule has 19 heavy (non-hydrogen) atoms. The molecule has 2 nitrogen and oxygen atoms in total. The standard InChI is InChI=1S/C12H14F5NO/c1-5(2)3-6(19)4-18-12-10(16)8(14)7(13)9(15)11(12)17/h5-6,18-19H,3-4H2,1-2H3. The van der Waals surface area contributed by atoms with Crippen molar-refractivity contribution in [3.05, 3.63) is 29.1 Å². The molecule has 0 saturated carbocycles. The van der Waals surface area contributed by atoms with Gasteiger partial charge in [0.25, 0.3) is 0 Å². The summed E-state index contributed by atoms with van der Waals surface area (Å²) in [6.07, 6.45) is -0.613. The number of halogens is 5. The fourth-order valence-electron chi connectivity index (χ4n) is 1.61. The third kappa shape index (κ3) is 3.56. The number of hydrogen-bond donors (Lipinski definition) is 2. The molecule has 1 aromatic rings. The summed E-state index contributed by atoms with van der Waals surface area (Å²) in [5, 5.41) is 11.5. The van der Waals surface area contributed by atoms with E-state index in [0.717, 1.165) is 0 Å². The van der Waals surface area contributed by atoms with Crippen LogP contribution in [0.3, 0.4) is 0 Å². The topological polar surface area (TPSA) is 32.3 Å². The summed E-state index contributed by atoms with van der Waals surface area (Å²) in [6, 6.07) is 0. The molecule has 0 aliphatic carbocycles. The molecule has 0 radical (unpaired) electrons. The summed E-state index contributed by atoms with van der Waals surface area (Å²) in [4.78, 5) is 0. The van der Waals surface area contributed by atoms with E-state index >= 15 is 0 Å². The fourth-order valence-corrected chi connectivity index (χ4v) is 1.61. The van der Waals surface area contributed by atoms with Gasteiger partial charge in [-0.15, -0.1) is 0 Å². The van der Waals surface area contributed by atoms with Crippen molar-refractivity contribution < 1.29 is 27.1 Å². The number of aliphatic hydroxyl groups is 1. The van der Waals surface area contributed by atoms with Crippen LogP contribution in [0.15, 0.2) is 0 Å². The summed E-state index contributed by atoms with van der Waals surface area (Å²) < 4.78 is 65.0. The number of rotatable bonds is 5. The van der Waals surface area contributed by atoms with Gasteiger partial charge in [0.05, 0.1) is 6.10 Å². The van der Waals surface area contributed by atoms with Crippen molar-refractivity contribution in [3.63, 3.8) is 0 Å². The first kappa shape index (κ1) is 15.7. The minimum atomic E-state index is -2.21. The summed E-state index contributed by atoms with van der Waals surface area (Å²) in [6.45, 7) is 3.33. The molecule has 0 aliphatic heterocycles. The van der Waals surface area contributed by atoms with Gasteiger partial charge < -0.3 is 10.4 Å². The van der Waals surface area contributed by atoms with Crippen LogP contribution < -0.4 is 5.32 Å². The van der Waals surface area contributed by atoms with Crippen molar-refractivity contribution in [2.75, 3.05) is 11.9 Å². The van der Waals surface area contributed by atoms with Crippen LogP contribution in [-0.2, 0) is 0 Å². The highest BCUT2D eigenvalue weighted by Crippen LogP contribution is 2.27. The van der Waals surface area contributed by atoms with Crippen molar-refractivity contribution in [3.8, 4) is 0 Å². The third-order valence-electron chi connectivity index (χ3n) is 2.47. The van der Waals surface area contributed by atoms with E-state index in [2.05, 4.69) is 0 Å². The number of anilines is 1. The SMILES string of the molecule is CC(C)CC(O)CNc1c(F)c(F)c(F)c(F)c1F. The Morgan fingerprint density at radius 1 is 0.895 bits per heavy atom.